The van der Waals surface area contributed by atoms with Crippen LogP contribution in [0.15, 0.2) is 48.0 Å². The van der Waals surface area contributed by atoms with Gasteiger partial charge in [-0.15, -0.1) is 0 Å². The molecule has 258 valence electrons. The molecule has 1 N–H and O–H groups in total. The first-order valence-corrected chi connectivity index (χ1v) is 18.0. The van der Waals surface area contributed by atoms with Crippen molar-refractivity contribution in [3.8, 4) is 11.2 Å². The van der Waals surface area contributed by atoms with Crippen LogP contribution in [0.3, 0.4) is 0 Å². The molecule has 2 aromatic rings. The van der Waals surface area contributed by atoms with Gasteiger partial charge in [-0.3, -0.25) is 9.59 Å². The number of nitrogens with zero attached hydrogens (tertiary/aromatic N) is 2. The number of allylic oxidation sites excluding steroid dienone is 1. The number of aliphatic hydroxyl groups excluding tert-OH is 1. The van der Waals surface area contributed by atoms with Crippen molar-refractivity contribution in [3.63, 3.8) is 0 Å². The van der Waals surface area contributed by atoms with E-state index in [2.05, 4.69) is 84.8 Å². The first-order chi connectivity index (χ1) is 22.5. The smallest absolute Gasteiger partial charge is 0.254 e. The molecule has 2 amide bonds. The Morgan fingerprint density at radius 3 is 2.30 bits per heavy atom. The largest absolute Gasteiger partial charge is 0.391 e. The Hall–Kier alpha value is -3.34. The average molecular weight is 663 g/mol. The Morgan fingerprint density at radius 2 is 1.77 bits per heavy atom. The maximum Gasteiger partial charge on any atom is 0.254 e. The number of amides is 2. The Balaban J connectivity index is 0.000000404. The van der Waals surface area contributed by atoms with Crippen LogP contribution in [-0.4, -0.2) is 58.7 Å². The number of carbonyl (C=O) groups is 3. The SMILES string of the molecule is CC=O.CCC.CCC#CSC(=C(C)C)c1ccc(CCCC)c(C(C)C)c1.O=C(CN1Cc2ccccc2C1=O)N1CCC(O)C1. The van der Waals surface area contributed by atoms with Crippen LogP contribution in [0.4, 0.5) is 0 Å². The zero-order valence-corrected chi connectivity index (χ0v) is 31.1. The van der Waals surface area contributed by atoms with Gasteiger partial charge in [-0.05, 0) is 91.3 Å². The number of β-amino-alcohol motifs (C(OH)–C–C–N with tert-alkyl or cyclic N) is 1. The van der Waals surface area contributed by atoms with E-state index in [0.29, 0.717) is 37.5 Å². The molecule has 0 spiro atoms. The molecule has 0 aliphatic carbocycles. The van der Waals surface area contributed by atoms with Crippen molar-refractivity contribution in [2.45, 2.75) is 119 Å². The maximum atomic E-state index is 12.1. The highest BCUT2D eigenvalue weighted by Crippen LogP contribution is 2.33. The van der Waals surface area contributed by atoms with Gasteiger partial charge in [0.1, 0.15) is 12.8 Å². The lowest BCUT2D eigenvalue weighted by Crippen LogP contribution is -2.39. The van der Waals surface area contributed by atoms with Crippen LogP contribution in [0.5, 0.6) is 0 Å². The fourth-order valence-corrected chi connectivity index (χ4v) is 5.92. The molecule has 2 aliphatic rings. The molecule has 2 aromatic carbocycles. The normalized spacial score (nSPS) is 14.4. The molecule has 6 nitrogen and oxygen atoms in total. The first kappa shape index (κ1) is 41.7. The van der Waals surface area contributed by atoms with Crippen molar-refractivity contribution >= 4 is 34.8 Å². The molecule has 1 saturated heterocycles. The molecule has 7 heteroatoms. The number of aliphatic hydroxyl groups is 1. The van der Waals surface area contributed by atoms with Gasteiger partial charge in [0.05, 0.1) is 6.10 Å². The van der Waals surface area contributed by atoms with Gasteiger partial charge in [0.25, 0.3) is 5.91 Å². The van der Waals surface area contributed by atoms with Gasteiger partial charge in [-0.2, -0.15) is 0 Å². The summed E-state index contributed by atoms with van der Waals surface area (Å²) in [6.07, 6.45) is 6.83. The number of hydrogen-bond donors (Lipinski definition) is 1. The van der Waals surface area contributed by atoms with Crippen molar-refractivity contribution in [3.05, 3.63) is 75.9 Å². The molecular formula is C40H58N2O4S. The van der Waals surface area contributed by atoms with Gasteiger partial charge in [-0.1, -0.05) is 102 Å². The number of aryl methyl sites for hydroxylation is 1. The van der Waals surface area contributed by atoms with Crippen molar-refractivity contribution in [2.24, 2.45) is 0 Å². The molecule has 2 aliphatic heterocycles. The lowest BCUT2D eigenvalue weighted by Gasteiger charge is -2.20. The fourth-order valence-electron chi connectivity index (χ4n) is 5.15. The number of rotatable bonds is 8. The van der Waals surface area contributed by atoms with Crippen LogP contribution in [0.1, 0.15) is 133 Å². The molecule has 0 saturated carbocycles. The maximum absolute atomic E-state index is 12.1. The van der Waals surface area contributed by atoms with Crippen LogP contribution in [0.2, 0.25) is 0 Å². The fraction of sp³-hybridized carbons (Fsp3) is 0.525. The number of unbranched alkanes of at least 4 members (excludes halogenated alkanes) is 1. The lowest BCUT2D eigenvalue weighted by atomic mass is 9.92. The Kier molecular flexibility index (Phi) is 20.5. The minimum Gasteiger partial charge on any atom is -0.391 e. The number of carbonyl (C=O) groups excluding carboxylic acids is 3. The summed E-state index contributed by atoms with van der Waals surface area (Å²) in [5.41, 5.74) is 7.33. The second kappa shape index (κ2) is 23.1. The molecule has 1 unspecified atom stereocenters. The number of aldehydes is 1. The number of fused-ring (bicyclic) bond motifs is 1. The standard InChI is InChI=1S/C21H30S.C14H16N2O3.C3H8.C2H4O/c1-7-9-11-18-12-13-19(15-20(18)16(3)4)21(17(5)6)22-14-10-8-2;17-11-5-6-15(8-11)13(18)9-16-7-10-3-1-2-4-12(10)14(16)19;1-3-2;1-2-3/h12-13,15-16H,7-9,11H2,1-6H3;1-4,11,17H,5-9H2;3H2,1-2H3;2H,1H3. The van der Waals surface area contributed by atoms with Crippen LogP contribution in [0, 0.1) is 11.2 Å². The number of hydrogen-bond acceptors (Lipinski definition) is 5. The molecule has 0 aromatic heterocycles. The predicted molar refractivity (Wildman–Crippen MR) is 199 cm³/mol. The number of likely N-dealkylation sites (tertiary alicyclic amines) is 1. The molecule has 2 heterocycles. The zero-order valence-electron chi connectivity index (χ0n) is 30.3. The second-order valence-electron chi connectivity index (χ2n) is 12.3. The van der Waals surface area contributed by atoms with Gasteiger partial charge in [0.2, 0.25) is 5.91 Å². The molecular weight excluding hydrogens is 605 g/mol. The highest BCUT2D eigenvalue weighted by molar-refractivity contribution is 8.12. The van der Waals surface area contributed by atoms with Gasteiger partial charge in [0.15, 0.2) is 0 Å². The van der Waals surface area contributed by atoms with Gasteiger partial charge >= 0.3 is 0 Å². The van der Waals surface area contributed by atoms with Gasteiger partial charge in [0, 0.05) is 36.5 Å². The van der Waals surface area contributed by atoms with Gasteiger partial charge < -0.3 is 19.7 Å². The van der Waals surface area contributed by atoms with E-state index in [0.717, 1.165) is 18.3 Å². The average Bonchev–Trinajstić information content (AvgIpc) is 3.62. The number of thioether (sulfide) groups is 1. The summed E-state index contributed by atoms with van der Waals surface area (Å²) in [4.78, 5) is 37.5. The number of benzene rings is 2. The summed E-state index contributed by atoms with van der Waals surface area (Å²) in [5, 5.41) is 12.7. The second-order valence-corrected chi connectivity index (χ2v) is 13.1. The lowest BCUT2D eigenvalue weighted by molar-refractivity contribution is -0.131. The van der Waals surface area contributed by atoms with Crippen LogP contribution in [-0.2, 0) is 22.6 Å². The summed E-state index contributed by atoms with van der Waals surface area (Å²) >= 11 is 1.67. The minimum atomic E-state index is -0.421. The van der Waals surface area contributed by atoms with Crippen molar-refractivity contribution in [1.82, 2.24) is 9.80 Å². The van der Waals surface area contributed by atoms with E-state index in [9.17, 15) is 14.7 Å². The van der Waals surface area contributed by atoms with E-state index >= 15 is 0 Å². The third-order valence-corrected chi connectivity index (χ3v) is 8.52. The van der Waals surface area contributed by atoms with E-state index in [-0.39, 0.29) is 18.4 Å². The highest BCUT2D eigenvalue weighted by atomic mass is 32.2. The monoisotopic (exact) mass is 662 g/mol. The molecule has 0 radical (unpaired) electrons. The Bertz CT molecular complexity index is 1370. The third kappa shape index (κ3) is 14.1. The Labute approximate surface area is 289 Å². The summed E-state index contributed by atoms with van der Waals surface area (Å²) in [5.74, 6) is 3.56. The van der Waals surface area contributed by atoms with E-state index in [1.54, 1.807) is 27.6 Å². The van der Waals surface area contributed by atoms with Crippen LogP contribution in [0.25, 0.3) is 4.91 Å². The van der Waals surface area contributed by atoms with Crippen molar-refractivity contribution in [1.29, 1.82) is 0 Å². The highest BCUT2D eigenvalue weighted by Gasteiger charge is 2.31. The quantitative estimate of drug-likeness (QED) is 0.226. The van der Waals surface area contributed by atoms with Crippen molar-refractivity contribution < 1.29 is 19.5 Å². The summed E-state index contributed by atoms with van der Waals surface area (Å²) in [7, 11) is 0. The molecule has 1 fully saturated rings. The van der Waals surface area contributed by atoms with E-state index in [1.165, 1.54) is 59.8 Å². The van der Waals surface area contributed by atoms with Gasteiger partial charge in [-0.25, -0.2) is 0 Å². The summed E-state index contributed by atoms with van der Waals surface area (Å²) in [6, 6.07) is 14.4. The molecule has 47 heavy (non-hydrogen) atoms. The topological polar surface area (TPSA) is 77.9 Å². The minimum absolute atomic E-state index is 0.0799. The van der Waals surface area contributed by atoms with Crippen LogP contribution >= 0.6 is 11.8 Å². The van der Waals surface area contributed by atoms with Crippen LogP contribution < -0.4 is 0 Å². The third-order valence-electron chi connectivity index (χ3n) is 7.42. The van der Waals surface area contributed by atoms with Crippen molar-refractivity contribution in [2.75, 3.05) is 19.6 Å². The molecule has 1 atom stereocenters. The zero-order chi connectivity index (χ0) is 35.4. The summed E-state index contributed by atoms with van der Waals surface area (Å²) in [6.45, 7) is 20.5. The van der Waals surface area contributed by atoms with E-state index in [4.69, 9.17) is 4.79 Å². The summed E-state index contributed by atoms with van der Waals surface area (Å²) < 4.78 is 0. The first-order valence-electron chi connectivity index (χ1n) is 17.2. The van der Waals surface area contributed by atoms with E-state index in [1.807, 2.05) is 18.2 Å². The molecule has 4 rings (SSSR count). The predicted octanol–water partition coefficient (Wildman–Crippen LogP) is 8.86. The Morgan fingerprint density at radius 1 is 1.11 bits per heavy atom. The molecule has 0 bridgehead atoms. The van der Waals surface area contributed by atoms with E-state index < -0.39 is 6.10 Å².